The Kier molecular flexibility index (Phi) is 5.15. The van der Waals surface area contributed by atoms with E-state index in [0.717, 1.165) is 6.42 Å². The molecule has 154 valence electrons. The van der Waals surface area contributed by atoms with E-state index in [4.69, 9.17) is 4.42 Å². The predicted molar refractivity (Wildman–Crippen MR) is 105 cm³/mol. The summed E-state index contributed by atoms with van der Waals surface area (Å²) in [7, 11) is 0. The summed E-state index contributed by atoms with van der Waals surface area (Å²) in [5.41, 5.74) is 1.51. The van der Waals surface area contributed by atoms with E-state index in [2.05, 4.69) is 18.8 Å². The van der Waals surface area contributed by atoms with Crippen LogP contribution in [0.25, 0.3) is 0 Å². The Balaban J connectivity index is 1.49. The Labute approximate surface area is 169 Å². The van der Waals surface area contributed by atoms with Gasteiger partial charge in [-0.1, -0.05) is 13.8 Å². The summed E-state index contributed by atoms with van der Waals surface area (Å²) < 4.78 is 19.3. The SMILES string of the molecule is Cc1cc(C(=O)N2CCc3oc(C(=O)N4C[C@H](C)C[C@@H](C)C4)nc3C2)ccc1F. The molecule has 2 aromatic rings. The van der Waals surface area contributed by atoms with Crippen molar-refractivity contribution in [2.75, 3.05) is 19.6 Å². The maximum atomic E-state index is 13.5. The molecule has 29 heavy (non-hydrogen) atoms. The second kappa shape index (κ2) is 7.61. The third kappa shape index (κ3) is 3.91. The molecule has 0 saturated carbocycles. The van der Waals surface area contributed by atoms with Crippen molar-refractivity contribution in [2.45, 2.75) is 40.2 Å². The molecule has 7 heteroatoms. The molecule has 1 saturated heterocycles. The zero-order valence-corrected chi connectivity index (χ0v) is 17.1. The van der Waals surface area contributed by atoms with Gasteiger partial charge in [0.2, 0.25) is 0 Å². The number of likely N-dealkylation sites (tertiary alicyclic amines) is 1. The average Bonchev–Trinajstić information content (AvgIpc) is 3.11. The molecule has 1 aromatic heterocycles. The molecule has 3 heterocycles. The van der Waals surface area contributed by atoms with Gasteiger partial charge < -0.3 is 14.2 Å². The standard InChI is InChI=1S/C22H26FN3O3/c1-13-8-14(2)11-26(10-13)22(28)20-24-18-12-25(7-6-19(18)29-20)21(27)16-4-5-17(23)15(3)9-16/h4-5,9,13-14H,6-8,10-12H2,1-3H3/t13-,14-/m1/s1. The maximum absolute atomic E-state index is 13.5. The molecule has 1 fully saturated rings. The number of aryl methyl sites for hydroxylation is 1. The summed E-state index contributed by atoms with van der Waals surface area (Å²) in [6.07, 6.45) is 1.63. The fourth-order valence-electron chi connectivity index (χ4n) is 4.39. The summed E-state index contributed by atoms with van der Waals surface area (Å²) in [5, 5.41) is 0. The number of aromatic nitrogens is 1. The van der Waals surface area contributed by atoms with Crippen molar-refractivity contribution in [3.8, 4) is 0 Å². The lowest BCUT2D eigenvalue weighted by atomic mass is 9.92. The van der Waals surface area contributed by atoms with Gasteiger partial charge in [-0.25, -0.2) is 9.37 Å². The van der Waals surface area contributed by atoms with E-state index in [-0.39, 0.29) is 30.1 Å². The molecule has 0 radical (unpaired) electrons. The molecule has 2 aliphatic rings. The van der Waals surface area contributed by atoms with Crippen LogP contribution in [0.2, 0.25) is 0 Å². The molecule has 6 nitrogen and oxygen atoms in total. The number of piperidine rings is 1. The van der Waals surface area contributed by atoms with E-state index < -0.39 is 0 Å². The number of hydrogen-bond acceptors (Lipinski definition) is 4. The lowest BCUT2D eigenvalue weighted by molar-refractivity contribution is 0.0580. The van der Waals surface area contributed by atoms with Crippen molar-refractivity contribution in [3.63, 3.8) is 0 Å². The second-order valence-electron chi connectivity index (χ2n) is 8.49. The monoisotopic (exact) mass is 399 g/mol. The zero-order chi connectivity index (χ0) is 20.7. The lowest BCUT2D eigenvalue weighted by Crippen LogP contribution is -2.42. The summed E-state index contributed by atoms with van der Waals surface area (Å²) in [4.78, 5) is 33.6. The lowest BCUT2D eigenvalue weighted by Gasteiger charge is -2.34. The number of hydrogen-bond donors (Lipinski definition) is 0. The van der Waals surface area contributed by atoms with Crippen molar-refractivity contribution >= 4 is 11.8 Å². The van der Waals surface area contributed by atoms with Crippen molar-refractivity contribution in [1.29, 1.82) is 0 Å². The fourth-order valence-corrected chi connectivity index (χ4v) is 4.39. The van der Waals surface area contributed by atoms with Gasteiger partial charge in [-0.3, -0.25) is 9.59 Å². The van der Waals surface area contributed by atoms with Crippen LogP contribution in [0.5, 0.6) is 0 Å². The average molecular weight is 399 g/mol. The number of fused-ring (bicyclic) bond motifs is 1. The van der Waals surface area contributed by atoms with Gasteiger partial charge >= 0.3 is 5.91 Å². The molecule has 2 aliphatic heterocycles. The highest BCUT2D eigenvalue weighted by Crippen LogP contribution is 2.25. The summed E-state index contributed by atoms with van der Waals surface area (Å²) in [5.74, 6) is 1.02. The van der Waals surface area contributed by atoms with Crippen LogP contribution in [0.1, 0.15) is 58.3 Å². The highest BCUT2D eigenvalue weighted by molar-refractivity contribution is 5.94. The Morgan fingerprint density at radius 2 is 1.86 bits per heavy atom. The molecule has 4 rings (SSSR count). The normalized spacial score (nSPS) is 21.8. The minimum atomic E-state index is -0.330. The Morgan fingerprint density at radius 1 is 1.14 bits per heavy atom. The van der Waals surface area contributed by atoms with Crippen LogP contribution in [0.15, 0.2) is 22.6 Å². The van der Waals surface area contributed by atoms with Gasteiger partial charge in [0.15, 0.2) is 0 Å². The Hall–Kier alpha value is -2.70. The molecule has 2 atom stereocenters. The Morgan fingerprint density at radius 3 is 2.55 bits per heavy atom. The topological polar surface area (TPSA) is 66.7 Å². The third-order valence-electron chi connectivity index (χ3n) is 5.76. The van der Waals surface area contributed by atoms with Gasteiger partial charge in [-0.15, -0.1) is 0 Å². The minimum Gasteiger partial charge on any atom is -0.437 e. The number of nitrogens with zero attached hydrogens (tertiary/aromatic N) is 3. The van der Waals surface area contributed by atoms with Gasteiger partial charge in [0.25, 0.3) is 11.8 Å². The van der Waals surface area contributed by atoms with Gasteiger partial charge in [0, 0.05) is 31.6 Å². The first kappa shape index (κ1) is 19.6. The van der Waals surface area contributed by atoms with Crippen LogP contribution in [-0.4, -0.2) is 46.2 Å². The molecule has 0 aliphatic carbocycles. The van der Waals surface area contributed by atoms with Crippen LogP contribution in [0.3, 0.4) is 0 Å². The number of benzene rings is 1. The van der Waals surface area contributed by atoms with Crippen LogP contribution in [0, 0.1) is 24.6 Å². The number of rotatable bonds is 2. The van der Waals surface area contributed by atoms with Gasteiger partial charge in [-0.05, 0) is 48.9 Å². The largest absolute Gasteiger partial charge is 0.437 e. The molecule has 2 amide bonds. The molecule has 0 bridgehead atoms. The number of carbonyl (C=O) groups excluding carboxylic acids is 2. The first-order valence-corrected chi connectivity index (χ1v) is 10.1. The van der Waals surface area contributed by atoms with Crippen molar-refractivity contribution in [1.82, 2.24) is 14.8 Å². The highest BCUT2D eigenvalue weighted by atomic mass is 19.1. The van der Waals surface area contributed by atoms with E-state index in [1.807, 2.05) is 4.90 Å². The number of carbonyl (C=O) groups is 2. The van der Waals surface area contributed by atoms with Crippen LogP contribution in [-0.2, 0) is 13.0 Å². The van der Waals surface area contributed by atoms with E-state index in [1.54, 1.807) is 17.9 Å². The predicted octanol–water partition coefficient (Wildman–Crippen LogP) is 3.44. The number of amides is 2. The van der Waals surface area contributed by atoms with Crippen LogP contribution >= 0.6 is 0 Å². The van der Waals surface area contributed by atoms with E-state index in [9.17, 15) is 14.0 Å². The third-order valence-corrected chi connectivity index (χ3v) is 5.76. The van der Waals surface area contributed by atoms with Gasteiger partial charge in [0.05, 0.1) is 6.54 Å². The van der Waals surface area contributed by atoms with Crippen LogP contribution < -0.4 is 0 Å². The van der Waals surface area contributed by atoms with Crippen LogP contribution in [0.4, 0.5) is 4.39 Å². The first-order chi connectivity index (χ1) is 13.8. The minimum absolute atomic E-state index is 0.114. The number of halogens is 1. The van der Waals surface area contributed by atoms with Crippen molar-refractivity contribution < 1.29 is 18.4 Å². The molecular formula is C22H26FN3O3. The molecular weight excluding hydrogens is 373 g/mol. The van der Waals surface area contributed by atoms with E-state index in [1.165, 1.54) is 12.1 Å². The Bertz CT molecular complexity index is 945. The van der Waals surface area contributed by atoms with E-state index >= 15 is 0 Å². The van der Waals surface area contributed by atoms with Crippen molar-refractivity contribution in [3.05, 3.63) is 52.5 Å². The molecule has 0 spiro atoms. The number of oxazole rings is 1. The molecule has 0 unspecified atom stereocenters. The first-order valence-electron chi connectivity index (χ1n) is 10.1. The quantitative estimate of drug-likeness (QED) is 0.776. The smallest absolute Gasteiger partial charge is 0.309 e. The summed E-state index contributed by atoms with van der Waals surface area (Å²) >= 11 is 0. The van der Waals surface area contributed by atoms with Crippen molar-refractivity contribution in [2.24, 2.45) is 11.8 Å². The molecule has 1 aromatic carbocycles. The molecule has 0 N–H and O–H groups in total. The maximum Gasteiger partial charge on any atom is 0.309 e. The highest BCUT2D eigenvalue weighted by Gasteiger charge is 2.32. The zero-order valence-electron chi connectivity index (χ0n) is 17.1. The van der Waals surface area contributed by atoms with E-state index in [0.29, 0.717) is 60.5 Å². The van der Waals surface area contributed by atoms with Gasteiger partial charge in [0.1, 0.15) is 17.3 Å². The summed E-state index contributed by atoms with van der Waals surface area (Å²) in [6.45, 7) is 8.12. The fraction of sp³-hybridized carbons (Fsp3) is 0.500. The summed E-state index contributed by atoms with van der Waals surface area (Å²) in [6, 6.07) is 4.37. The second-order valence-corrected chi connectivity index (χ2v) is 8.49. The van der Waals surface area contributed by atoms with Gasteiger partial charge in [-0.2, -0.15) is 0 Å².